The van der Waals surface area contributed by atoms with Crippen LogP contribution in [0, 0.1) is 5.41 Å². The molecule has 2 amide bonds. The molecule has 2 aliphatic rings. The molecule has 1 unspecified atom stereocenters. The van der Waals surface area contributed by atoms with Gasteiger partial charge in [0.15, 0.2) is 0 Å². The number of nitrogens with one attached hydrogen (secondary N) is 1. The van der Waals surface area contributed by atoms with Gasteiger partial charge in [-0.2, -0.15) is 0 Å². The van der Waals surface area contributed by atoms with Crippen molar-refractivity contribution in [2.24, 2.45) is 5.41 Å². The molecule has 0 aromatic carbocycles. The highest BCUT2D eigenvalue weighted by Crippen LogP contribution is 2.32. The van der Waals surface area contributed by atoms with Crippen molar-refractivity contribution in [2.75, 3.05) is 46.4 Å². The molecule has 0 aromatic rings. The van der Waals surface area contributed by atoms with Gasteiger partial charge in [0.05, 0.1) is 17.6 Å². The lowest BCUT2D eigenvalue weighted by molar-refractivity contribution is -0.134. The van der Waals surface area contributed by atoms with E-state index in [1.165, 1.54) is 0 Å². The molecule has 0 aromatic heterocycles. The molecular weight excluding hydrogens is 310 g/mol. The number of nitrogens with zero attached hydrogens (tertiary/aromatic N) is 2. The second kappa shape index (κ2) is 7.70. The van der Waals surface area contributed by atoms with E-state index in [1.54, 1.807) is 18.9 Å². The van der Waals surface area contributed by atoms with Gasteiger partial charge in [-0.15, -0.1) is 0 Å². The molecule has 1 atom stereocenters. The van der Waals surface area contributed by atoms with Crippen LogP contribution in [0.15, 0.2) is 0 Å². The van der Waals surface area contributed by atoms with Gasteiger partial charge in [0.1, 0.15) is 0 Å². The molecule has 2 N–H and O–H groups in total. The van der Waals surface area contributed by atoms with Crippen LogP contribution in [0.1, 0.15) is 39.5 Å². The third kappa shape index (κ3) is 4.39. The van der Waals surface area contributed by atoms with E-state index in [4.69, 9.17) is 4.74 Å². The monoisotopic (exact) mass is 341 g/mol. The Hall–Kier alpha value is -1.34. The van der Waals surface area contributed by atoms with E-state index in [0.29, 0.717) is 45.6 Å². The number of carbonyl (C=O) groups is 2. The number of hydrogen-bond acceptors (Lipinski definition) is 5. The molecule has 2 saturated heterocycles. The van der Waals surface area contributed by atoms with Crippen LogP contribution < -0.4 is 5.32 Å². The lowest BCUT2D eigenvalue weighted by atomic mass is 9.80. The summed E-state index contributed by atoms with van der Waals surface area (Å²) in [7, 11) is 1.67. The third-order valence-corrected chi connectivity index (χ3v) is 5.29. The lowest BCUT2D eigenvalue weighted by Gasteiger charge is -2.44. The summed E-state index contributed by atoms with van der Waals surface area (Å²) in [4.78, 5) is 27.7. The highest BCUT2D eigenvalue weighted by atomic mass is 16.6. The highest BCUT2D eigenvalue weighted by molar-refractivity contribution is 5.82. The summed E-state index contributed by atoms with van der Waals surface area (Å²) >= 11 is 0. The molecule has 7 heteroatoms. The number of likely N-dealkylation sites (tertiary alicyclic amines) is 2. The van der Waals surface area contributed by atoms with Crippen molar-refractivity contribution in [3.05, 3.63) is 0 Å². The zero-order valence-electron chi connectivity index (χ0n) is 15.1. The first-order valence-corrected chi connectivity index (χ1v) is 8.90. The number of amides is 2. The Morgan fingerprint density at radius 1 is 1.21 bits per heavy atom. The van der Waals surface area contributed by atoms with Crippen molar-refractivity contribution in [2.45, 2.75) is 45.1 Å². The van der Waals surface area contributed by atoms with E-state index in [1.807, 2.05) is 6.92 Å². The first kappa shape index (κ1) is 19.0. The largest absolute Gasteiger partial charge is 0.450 e. The number of rotatable bonds is 4. The number of ether oxygens (including phenoxy) is 1. The summed E-state index contributed by atoms with van der Waals surface area (Å²) in [6, 6.07) is 0. The zero-order chi connectivity index (χ0) is 17.8. The maximum atomic E-state index is 12.1. The predicted molar refractivity (Wildman–Crippen MR) is 90.6 cm³/mol. The van der Waals surface area contributed by atoms with Crippen LogP contribution in [-0.4, -0.2) is 78.9 Å². The second-order valence-corrected chi connectivity index (χ2v) is 7.36. The Morgan fingerprint density at radius 2 is 1.88 bits per heavy atom. The Morgan fingerprint density at radius 3 is 2.46 bits per heavy atom. The number of piperidine rings is 2. The molecule has 2 aliphatic heterocycles. The average molecular weight is 341 g/mol. The number of hydrogen-bond donors (Lipinski definition) is 2. The Bertz CT molecular complexity index is 463. The van der Waals surface area contributed by atoms with E-state index in [-0.39, 0.29) is 12.0 Å². The molecule has 138 valence electrons. The van der Waals surface area contributed by atoms with Gasteiger partial charge < -0.3 is 20.1 Å². The van der Waals surface area contributed by atoms with Crippen molar-refractivity contribution in [3.63, 3.8) is 0 Å². The molecule has 0 bridgehead atoms. The first-order valence-electron chi connectivity index (χ1n) is 8.90. The predicted octanol–water partition coefficient (Wildman–Crippen LogP) is 0.818. The van der Waals surface area contributed by atoms with Gasteiger partial charge in [0.2, 0.25) is 5.91 Å². The molecule has 7 nitrogen and oxygen atoms in total. The molecule has 0 aliphatic carbocycles. The summed E-state index contributed by atoms with van der Waals surface area (Å²) in [6.07, 6.45) is 2.61. The summed E-state index contributed by atoms with van der Waals surface area (Å²) in [6.45, 7) is 7.28. The molecule has 24 heavy (non-hydrogen) atoms. The standard InChI is InChI=1S/C17H31N3O4/c1-4-24-15(22)20-10-7-17(23,8-11-20)13-19-9-5-6-16(2,12-19)14(21)18-3/h23H,4-13H2,1-3H3,(H,18,21). The fourth-order valence-corrected chi connectivity index (χ4v) is 3.86. The van der Waals surface area contributed by atoms with Crippen molar-refractivity contribution in [3.8, 4) is 0 Å². The van der Waals surface area contributed by atoms with Crippen molar-refractivity contribution in [1.82, 2.24) is 15.1 Å². The van der Waals surface area contributed by atoms with Crippen LogP contribution in [0.25, 0.3) is 0 Å². The molecule has 2 fully saturated rings. The molecule has 0 spiro atoms. The van der Waals surface area contributed by atoms with Crippen LogP contribution in [0.4, 0.5) is 4.79 Å². The van der Waals surface area contributed by atoms with Crippen molar-refractivity contribution >= 4 is 12.0 Å². The van der Waals surface area contributed by atoms with Crippen LogP contribution in [0.3, 0.4) is 0 Å². The van der Waals surface area contributed by atoms with Crippen molar-refractivity contribution in [1.29, 1.82) is 0 Å². The number of aliphatic hydroxyl groups is 1. The lowest BCUT2D eigenvalue weighted by Crippen LogP contribution is -2.56. The minimum atomic E-state index is -0.802. The summed E-state index contributed by atoms with van der Waals surface area (Å²) in [5.41, 5.74) is -1.20. The molecule has 2 heterocycles. The Labute approximate surface area is 144 Å². The van der Waals surface area contributed by atoms with Crippen LogP contribution in [0.2, 0.25) is 0 Å². The Kier molecular flexibility index (Phi) is 6.09. The Balaban J connectivity index is 1.89. The van der Waals surface area contributed by atoms with E-state index in [0.717, 1.165) is 19.4 Å². The maximum absolute atomic E-state index is 12.1. The fourth-order valence-electron chi connectivity index (χ4n) is 3.86. The minimum absolute atomic E-state index is 0.0660. The molecule has 0 radical (unpaired) electrons. The minimum Gasteiger partial charge on any atom is -0.450 e. The first-order chi connectivity index (χ1) is 11.3. The number of β-amino-alcohol motifs (C(OH)–C–C–N with tert-alkyl or cyclic N) is 1. The molecule has 2 rings (SSSR count). The van der Waals surface area contributed by atoms with E-state index in [9.17, 15) is 14.7 Å². The van der Waals surface area contributed by atoms with Crippen LogP contribution in [0.5, 0.6) is 0 Å². The zero-order valence-corrected chi connectivity index (χ0v) is 15.1. The van der Waals surface area contributed by atoms with Gasteiger partial charge in [-0.3, -0.25) is 9.69 Å². The average Bonchev–Trinajstić information content (AvgIpc) is 2.54. The highest BCUT2D eigenvalue weighted by Gasteiger charge is 2.41. The SMILES string of the molecule is CCOC(=O)N1CCC(O)(CN2CCCC(C)(C(=O)NC)C2)CC1. The normalized spacial score (nSPS) is 27.6. The van der Waals surface area contributed by atoms with Gasteiger partial charge in [-0.25, -0.2) is 4.79 Å². The van der Waals surface area contributed by atoms with Gasteiger partial charge >= 0.3 is 6.09 Å². The third-order valence-electron chi connectivity index (χ3n) is 5.29. The fraction of sp³-hybridized carbons (Fsp3) is 0.882. The van der Waals surface area contributed by atoms with Crippen LogP contribution in [-0.2, 0) is 9.53 Å². The van der Waals surface area contributed by atoms with E-state index >= 15 is 0 Å². The van der Waals surface area contributed by atoms with Gasteiger partial charge in [0.25, 0.3) is 0 Å². The summed E-state index contributed by atoms with van der Waals surface area (Å²) in [5.74, 6) is 0.0660. The van der Waals surface area contributed by atoms with E-state index < -0.39 is 11.0 Å². The van der Waals surface area contributed by atoms with E-state index in [2.05, 4.69) is 10.2 Å². The second-order valence-electron chi connectivity index (χ2n) is 7.36. The maximum Gasteiger partial charge on any atom is 0.409 e. The summed E-state index contributed by atoms with van der Waals surface area (Å²) < 4.78 is 5.02. The van der Waals surface area contributed by atoms with Crippen molar-refractivity contribution < 1.29 is 19.4 Å². The number of carbonyl (C=O) groups excluding carboxylic acids is 2. The van der Waals surface area contributed by atoms with Gasteiger partial charge in [0, 0.05) is 33.2 Å². The molecule has 0 saturated carbocycles. The topological polar surface area (TPSA) is 82.1 Å². The smallest absolute Gasteiger partial charge is 0.409 e. The summed E-state index contributed by atoms with van der Waals surface area (Å²) in [5, 5.41) is 13.7. The quantitative estimate of drug-likeness (QED) is 0.791. The molecular formula is C17H31N3O4. The van der Waals surface area contributed by atoms with Gasteiger partial charge in [-0.1, -0.05) is 0 Å². The van der Waals surface area contributed by atoms with Gasteiger partial charge in [-0.05, 0) is 46.1 Å². The van der Waals surface area contributed by atoms with Crippen LogP contribution >= 0.6 is 0 Å².